The monoisotopic (exact) mass is 436 g/mol. The number of nitrogens with two attached hydrogens (primary N) is 1. The minimum Gasteiger partial charge on any atom is -0.379 e. The Morgan fingerprint density at radius 1 is 0.969 bits per heavy atom. The van der Waals surface area contributed by atoms with Crippen molar-refractivity contribution in [3.8, 4) is 22.3 Å². The van der Waals surface area contributed by atoms with Crippen molar-refractivity contribution in [2.75, 3.05) is 26.3 Å². The number of ether oxygens (including phenoxy) is 1. The van der Waals surface area contributed by atoms with Gasteiger partial charge >= 0.3 is 0 Å². The molecule has 1 amide bonds. The maximum Gasteiger partial charge on any atom is 0.249 e. The Bertz CT molecular complexity index is 1150. The van der Waals surface area contributed by atoms with Crippen molar-refractivity contribution in [1.29, 1.82) is 0 Å². The summed E-state index contributed by atoms with van der Waals surface area (Å²) in [4.78, 5) is 14.2. The smallest absolute Gasteiger partial charge is 0.249 e. The molecule has 0 saturated carbocycles. The van der Waals surface area contributed by atoms with E-state index in [2.05, 4.69) is 4.90 Å². The molecule has 1 aliphatic rings. The number of primary amides is 1. The summed E-state index contributed by atoms with van der Waals surface area (Å²) < 4.78 is 34.3. The number of morpholine rings is 1. The van der Waals surface area contributed by atoms with Gasteiger partial charge in [-0.2, -0.15) is 0 Å². The van der Waals surface area contributed by atoms with Gasteiger partial charge in [0.1, 0.15) is 11.6 Å². The van der Waals surface area contributed by atoms with Crippen LogP contribution in [0.25, 0.3) is 22.3 Å². The Labute approximate surface area is 186 Å². The van der Waals surface area contributed by atoms with Crippen molar-refractivity contribution in [3.63, 3.8) is 0 Å². The van der Waals surface area contributed by atoms with E-state index in [0.29, 0.717) is 53.1 Å². The molecular formula is C26H26F2N2O2. The number of amides is 1. The highest BCUT2D eigenvalue weighted by Crippen LogP contribution is 2.33. The van der Waals surface area contributed by atoms with Crippen LogP contribution in [-0.2, 0) is 11.3 Å². The third-order valence-electron chi connectivity index (χ3n) is 6.00. The lowest BCUT2D eigenvalue weighted by Gasteiger charge is -2.26. The molecule has 1 heterocycles. The van der Waals surface area contributed by atoms with Crippen molar-refractivity contribution >= 4 is 5.91 Å². The highest BCUT2D eigenvalue weighted by atomic mass is 19.1. The van der Waals surface area contributed by atoms with Crippen molar-refractivity contribution in [2.45, 2.75) is 20.4 Å². The van der Waals surface area contributed by atoms with Crippen LogP contribution < -0.4 is 5.73 Å². The van der Waals surface area contributed by atoms with Crippen LogP contribution in [0.5, 0.6) is 0 Å². The van der Waals surface area contributed by atoms with Crippen molar-refractivity contribution in [2.24, 2.45) is 5.73 Å². The van der Waals surface area contributed by atoms with Gasteiger partial charge in [-0.1, -0.05) is 30.3 Å². The minimum absolute atomic E-state index is 0.228. The number of benzene rings is 3. The first-order chi connectivity index (χ1) is 15.3. The van der Waals surface area contributed by atoms with Gasteiger partial charge in [0.25, 0.3) is 0 Å². The minimum atomic E-state index is -0.596. The number of hydrogen-bond acceptors (Lipinski definition) is 3. The first kappa shape index (κ1) is 22.1. The van der Waals surface area contributed by atoms with Crippen LogP contribution >= 0.6 is 0 Å². The highest BCUT2D eigenvalue weighted by Gasteiger charge is 2.18. The summed E-state index contributed by atoms with van der Waals surface area (Å²) in [5, 5.41) is 0. The molecule has 4 rings (SSSR count). The summed E-state index contributed by atoms with van der Waals surface area (Å²) in [6.07, 6.45) is 0. The van der Waals surface area contributed by atoms with Crippen LogP contribution in [0.15, 0.2) is 48.5 Å². The normalized spacial score (nSPS) is 14.5. The largest absolute Gasteiger partial charge is 0.379 e. The molecule has 0 unspecified atom stereocenters. The van der Waals surface area contributed by atoms with E-state index in [4.69, 9.17) is 10.5 Å². The van der Waals surface area contributed by atoms with Crippen molar-refractivity contribution in [1.82, 2.24) is 4.90 Å². The second-order valence-corrected chi connectivity index (χ2v) is 8.19. The van der Waals surface area contributed by atoms with Crippen LogP contribution in [0.3, 0.4) is 0 Å². The van der Waals surface area contributed by atoms with Crippen molar-refractivity contribution in [3.05, 3.63) is 82.4 Å². The summed E-state index contributed by atoms with van der Waals surface area (Å²) >= 11 is 0. The molecule has 32 heavy (non-hydrogen) atoms. The predicted octanol–water partition coefficient (Wildman–Crippen LogP) is 4.85. The Hall–Kier alpha value is -3.09. The molecule has 0 bridgehead atoms. The molecule has 0 radical (unpaired) electrons. The lowest BCUT2D eigenvalue weighted by Crippen LogP contribution is -2.35. The summed E-state index contributed by atoms with van der Waals surface area (Å²) in [6, 6.07) is 14.1. The van der Waals surface area contributed by atoms with Gasteiger partial charge in [-0.25, -0.2) is 8.78 Å². The van der Waals surface area contributed by atoms with E-state index in [1.54, 1.807) is 19.9 Å². The average molecular weight is 437 g/mol. The number of aryl methyl sites for hydroxylation is 1. The van der Waals surface area contributed by atoms with Gasteiger partial charge in [0.05, 0.1) is 13.2 Å². The SMILES string of the molecule is Cc1cc(C(N)=O)c(-c2ccc(-c3ccc(F)c(CN4CCOCC4)c3)cc2)c(C)c1F. The van der Waals surface area contributed by atoms with Gasteiger partial charge in [0.15, 0.2) is 0 Å². The first-order valence-corrected chi connectivity index (χ1v) is 10.6. The molecule has 0 aromatic heterocycles. The Balaban J connectivity index is 1.66. The Kier molecular flexibility index (Phi) is 6.35. The first-order valence-electron chi connectivity index (χ1n) is 10.6. The van der Waals surface area contributed by atoms with Gasteiger partial charge in [0.2, 0.25) is 5.91 Å². The number of nitrogens with zero attached hydrogens (tertiary/aromatic N) is 1. The molecule has 0 spiro atoms. The van der Waals surface area contributed by atoms with Gasteiger partial charge in [-0.15, -0.1) is 0 Å². The van der Waals surface area contributed by atoms with Gasteiger partial charge in [-0.05, 0) is 59.9 Å². The summed E-state index contributed by atoms with van der Waals surface area (Å²) in [5.41, 5.74) is 10.3. The predicted molar refractivity (Wildman–Crippen MR) is 121 cm³/mol. The summed E-state index contributed by atoms with van der Waals surface area (Å²) in [6.45, 7) is 6.69. The number of carbonyl (C=O) groups is 1. The van der Waals surface area contributed by atoms with E-state index < -0.39 is 5.91 Å². The number of hydrogen-bond donors (Lipinski definition) is 1. The molecule has 2 N–H and O–H groups in total. The van der Waals surface area contributed by atoms with Crippen LogP contribution in [0.2, 0.25) is 0 Å². The molecule has 4 nitrogen and oxygen atoms in total. The Morgan fingerprint density at radius 3 is 2.25 bits per heavy atom. The lowest BCUT2D eigenvalue weighted by atomic mass is 9.91. The number of carbonyl (C=O) groups excluding carboxylic acids is 1. The lowest BCUT2D eigenvalue weighted by molar-refractivity contribution is 0.0337. The maximum absolute atomic E-state index is 14.5. The molecule has 3 aromatic rings. The maximum atomic E-state index is 14.5. The third-order valence-corrected chi connectivity index (χ3v) is 6.00. The van der Waals surface area contributed by atoms with Crippen LogP contribution in [-0.4, -0.2) is 37.1 Å². The zero-order valence-electron chi connectivity index (χ0n) is 18.3. The zero-order chi connectivity index (χ0) is 22.8. The number of rotatable bonds is 5. The molecule has 0 aliphatic carbocycles. The van der Waals surface area contributed by atoms with E-state index >= 15 is 0 Å². The fraction of sp³-hybridized carbons (Fsp3) is 0.269. The summed E-state index contributed by atoms with van der Waals surface area (Å²) in [5.74, 6) is -1.17. The zero-order valence-corrected chi connectivity index (χ0v) is 18.3. The quantitative estimate of drug-likeness (QED) is 0.622. The molecule has 6 heteroatoms. The molecule has 0 atom stereocenters. The molecule has 1 fully saturated rings. The highest BCUT2D eigenvalue weighted by molar-refractivity contribution is 6.01. The fourth-order valence-electron chi connectivity index (χ4n) is 4.23. The Morgan fingerprint density at radius 2 is 1.59 bits per heavy atom. The van der Waals surface area contributed by atoms with E-state index in [9.17, 15) is 13.6 Å². The molecular weight excluding hydrogens is 410 g/mol. The van der Waals surface area contributed by atoms with E-state index in [-0.39, 0.29) is 11.6 Å². The van der Waals surface area contributed by atoms with Gasteiger partial charge in [0, 0.05) is 36.3 Å². The topological polar surface area (TPSA) is 55.6 Å². The van der Waals surface area contributed by atoms with Gasteiger partial charge < -0.3 is 10.5 Å². The van der Waals surface area contributed by atoms with Crippen LogP contribution in [0.4, 0.5) is 8.78 Å². The van der Waals surface area contributed by atoms with Crippen LogP contribution in [0, 0.1) is 25.5 Å². The molecule has 166 valence electrons. The van der Waals surface area contributed by atoms with Crippen molar-refractivity contribution < 1.29 is 18.3 Å². The average Bonchev–Trinajstić information content (AvgIpc) is 2.79. The van der Waals surface area contributed by atoms with Crippen LogP contribution in [0.1, 0.15) is 27.0 Å². The standard InChI is InChI=1S/C26H26F2N2O2/c1-16-13-22(26(29)31)24(17(2)25(16)28)19-5-3-18(4-6-19)20-7-8-23(27)21(14-20)15-30-9-11-32-12-10-30/h3-8,13-14H,9-12,15H2,1-2H3,(H2,29,31). The molecule has 1 aliphatic heterocycles. The second kappa shape index (κ2) is 9.18. The van der Waals surface area contributed by atoms with E-state index in [1.165, 1.54) is 12.1 Å². The fourth-order valence-corrected chi connectivity index (χ4v) is 4.23. The second-order valence-electron chi connectivity index (χ2n) is 8.19. The van der Waals surface area contributed by atoms with E-state index in [1.807, 2.05) is 30.3 Å². The molecule has 3 aromatic carbocycles. The molecule has 1 saturated heterocycles. The summed E-state index contributed by atoms with van der Waals surface area (Å²) in [7, 11) is 0. The van der Waals surface area contributed by atoms with E-state index in [0.717, 1.165) is 24.2 Å². The van der Waals surface area contributed by atoms with Gasteiger partial charge in [-0.3, -0.25) is 9.69 Å². The third kappa shape index (κ3) is 4.42. The number of halogens is 2.